The second-order valence-electron chi connectivity index (χ2n) is 3.60. The zero-order chi connectivity index (χ0) is 9.84. The fourth-order valence-electron chi connectivity index (χ4n) is 1.49. The molecule has 0 radical (unpaired) electrons. The molecule has 0 heterocycles. The smallest absolute Gasteiger partial charge is 0.309 e. The molecule has 1 aliphatic carbocycles. The van der Waals surface area contributed by atoms with E-state index in [1.54, 1.807) is 6.92 Å². The third-order valence-electron chi connectivity index (χ3n) is 2.38. The van der Waals surface area contributed by atoms with Crippen LogP contribution in [0.15, 0.2) is 0 Å². The van der Waals surface area contributed by atoms with Crippen molar-refractivity contribution in [2.24, 2.45) is 11.8 Å². The molecular weight excluding hydrogens is 168 g/mol. The first kappa shape index (κ1) is 10.2. The van der Waals surface area contributed by atoms with Gasteiger partial charge < -0.3 is 9.53 Å². The maximum Gasteiger partial charge on any atom is 0.309 e. The minimum Gasteiger partial charge on any atom is -0.466 e. The number of hydrogen-bond donors (Lipinski definition) is 0. The molecule has 0 spiro atoms. The highest BCUT2D eigenvalue weighted by Gasteiger charge is 2.43. The number of hydrogen-bond acceptors (Lipinski definition) is 3. The summed E-state index contributed by atoms with van der Waals surface area (Å²) in [5, 5.41) is 0. The second-order valence-corrected chi connectivity index (χ2v) is 3.60. The van der Waals surface area contributed by atoms with Crippen molar-refractivity contribution in [3.8, 4) is 0 Å². The summed E-state index contributed by atoms with van der Waals surface area (Å²) in [5.41, 5.74) is 0. The molecule has 3 heteroatoms. The average Bonchev–Trinajstić information content (AvgIpc) is 2.80. The van der Waals surface area contributed by atoms with Crippen LogP contribution in [0, 0.1) is 11.8 Å². The molecule has 74 valence electrons. The minimum absolute atomic E-state index is 0.0827. The van der Waals surface area contributed by atoms with Crippen molar-refractivity contribution in [1.82, 2.24) is 0 Å². The van der Waals surface area contributed by atoms with Gasteiger partial charge in [0.05, 0.1) is 12.5 Å². The molecule has 0 aliphatic heterocycles. The Kier molecular flexibility index (Phi) is 3.46. The lowest BCUT2D eigenvalue weighted by Crippen LogP contribution is -2.07. The summed E-state index contributed by atoms with van der Waals surface area (Å²) >= 11 is 0. The van der Waals surface area contributed by atoms with E-state index in [9.17, 15) is 9.59 Å². The van der Waals surface area contributed by atoms with Gasteiger partial charge in [0, 0.05) is 6.42 Å². The molecule has 0 aromatic carbocycles. The van der Waals surface area contributed by atoms with Crippen LogP contribution in [-0.2, 0) is 14.3 Å². The highest BCUT2D eigenvalue weighted by atomic mass is 16.5. The van der Waals surface area contributed by atoms with E-state index in [0.717, 1.165) is 12.8 Å². The van der Waals surface area contributed by atoms with E-state index in [4.69, 9.17) is 4.74 Å². The zero-order valence-corrected chi connectivity index (χ0v) is 8.21. The maximum absolute atomic E-state index is 11.2. The molecule has 0 aromatic rings. The molecule has 13 heavy (non-hydrogen) atoms. The lowest BCUT2D eigenvalue weighted by molar-refractivity contribution is -0.145. The Hall–Kier alpha value is -0.860. The van der Waals surface area contributed by atoms with Crippen molar-refractivity contribution in [2.75, 3.05) is 6.61 Å². The summed E-state index contributed by atoms with van der Waals surface area (Å²) in [4.78, 5) is 21.8. The van der Waals surface area contributed by atoms with Gasteiger partial charge in [0.1, 0.15) is 5.78 Å². The summed E-state index contributed by atoms with van der Waals surface area (Å²) in [6.45, 7) is 3.85. The molecule has 0 N–H and O–H groups in total. The van der Waals surface area contributed by atoms with Crippen molar-refractivity contribution in [3.63, 3.8) is 0 Å². The summed E-state index contributed by atoms with van der Waals surface area (Å²) in [7, 11) is 0. The number of ketones is 1. The number of Topliss-reactive ketones (excluding diaryl/α,β-unsaturated/α-hetero) is 1. The van der Waals surface area contributed by atoms with Crippen LogP contribution >= 0.6 is 0 Å². The van der Waals surface area contributed by atoms with E-state index in [-0.39, 0.29) is 17.7 Å². The van der Waals surface area contributed by atoms with Crippen molar-refractivity contribution < 1.29 is 14.3 Å². The molecule has 1 aliphatic rings. The molecule has 1 rings (SSSR count). The highest BCUT2D eigenvalue weighted by Crippen LogP contribution is 2.42. The Bertz CT molecular complexity index is 210. The Morgan fingerprint density at radius 3 is 2.69 bits per heavy atom. The number of esters is 1. The summed E-state index contributed by atoms with van der Waals surface area (Å²) < 4.78 is 4.88. The van der Waals surface area contributed by atoms with E-state index in [0.29, 0.717) is 18.9 Å². The van der Waals surface area contributed by atoms with Crippen LogP contribution in [0.4, 0.5) is 0 Å². The van der Waals surface area contributed by atoms with Gasteiger partial charge >= 0.3 is 5.97 Å². The molecule has 0 aromatic heterocycles. The van der Waals surface area contributed by atoms with Crippen LogP contribution in [0.5, 0.6) is 0 Å². The molecule has 0 saturated heterocycles. The van der Waals surface area contributed by atoms with Crippen molar-refractivity contribution in [3.05, 3.63) is 0 Å². The van der Waals surface area contributed by atoms with E-state index < -0.39 is 0 Å². The minimum atomic E-state index is -0.0870. The molecule has 3 nitrogen and oxygen atoms in total. The topological polar surface area (TPSA) is 43.4 Å². The van der Waals surface area contributed by atoms with Crippen molar-refractivity contribution in [1.29, 1.82) is 0 Å². The number of ether oxygens (including phenoxy) is 1. The molecule has 0 amide bonds. The van der Waals surface area contributed by atoms with Gasteiger partial charge in [-0.2, -0.15) is 0 Å². The first-order valence-electron chi connectivity index (χ1n) is 4.81. The summed E-state index contributed by atoms with van der Waals surface area (Å²) in [6, 6.07) is 0. The van der Waals surface area contributed by atoms with Gasteiger partial charge in [-0.3, -0.25) is 4.79 Å². The third-order valence-corrected chi connectivity index (χ3v) is 2.38. The first-order chi connectivity index (χ1) is 6.15. The maximum atomic E-state index is 11.2. The Labute approximate surface area is 78.5 Å². The normalized spacial score (nSPS) is 25.4. The molecular formula is C10H16O3. The van der Waals surface area contributed by atoms with Crippen molar-refractivity contribution in [2.45, 2.75) is 33.1 Å². The van der Waals surface area contributed by atoms with Gasteiger partial charge in [-0.25, -0.2) is 0 Å². The van der Waals surface area contributed by atoms with Crippen LogP contribution < -0.4 is 0 Å². The van der Waals surface area contributed by atoms with Crippen LogP contribution in [0.25, 0.3) is 0 Å². The second kappa shape index (κ2) is 4.40. The SMILES string of the molecule is CCOC(=O)[C@@H]1C[C@@H]1CCC(C)=O. The standard InChI is InChI=1S/C10H16O3/c1-3-13-10(12)9-6-8(9)5-4-7(2)11/h8-9H,3-6H2,1-2H3/t8-,9+/m0/s1. The molecule has 0 bridgehead atoms. The third kappa shape index (κ3) is 3.17. The number of rotatable bonds is 5. The molecule has 1 fully saturated rings. The van der Waals surface area contributed by atoms with Gasteiger partial charge in [-0.1, -0.05) is 0 Å². The van der Waals surface area contributed by atoms with E-state index in [1.807, 2.05) is 6.92 Å². The highest BCUT2D eigenvalue weighted by molar-refractivity contribution is 5.77. The lowest BCUT2D eigenvalue weighted by atomic mass is 10.1. The van der Waals surface area contributed by atoms with Crippen LogP contribution in [0.2, 0.25) is 0 Å². The predicted molar refractivity (Wildman–Crippen MR) is 48.1 cm³/mol. The quantitative estimate of drug-likeness (QED) is 0.609. The molecule has 2 atom stereocenters. The lowest BCUT2D eigenvalue weighted by Gasteiger charge is -1.99. The number of carbonyl (C=O) groups is 2. The molecule has 0 unspecified atom stereocenters. The zero-order valence-electron chi connectivity index (χ0n) is 8.21. The van der Waals surface area contributed by atoms with E-state index in [1.165, 1.54) is 0 Å². The van der Waals surface area contributed by atoms with Gasteiger partial charge in [-0.05, 0) is 32.6 Å². The average molecular weight is 184 g/mol. The van der Waals surface area contributed by atoms with Crippen LogP contribution in [-0.4, -0.2) is 18.4 Å². The number of carbonyl (C=O) groups excluding carboxylic acids is 2. The van der Waals surface area contributed by atoms with Gasteiger partial charge in [0.2, 0.25) is 0 Å². The molecule has 1 saturated carbocycles. The van der Waals surface area contributed by atoms with Crippen LogP contribution in [0.3, 0.4) is 0 Å². The summed E-state index contributed by atoms with van der Waals surface area (Å²) in [5.74, 6) is 0.604. The Morgan fingerprint density at radius 1 is 1.46 bits per heavy atom. The van der Waals surface area contributed by atoms with Gasteiger partial charge in [0.25, 0.3) is 0 Å². The predicted octanol–water partition coefficient (Wildman–Crippen LogP) is 1.55. The van der Waals surface area contributed by atoms with Crippen molar-refractivity contribution >= 4 is 11.8 Å². The monoisotopic (exact) mass is 184 g/mol. The largest absolute Gasteiger partial charge is 0.466 e. The van der Waals surface area contributed by atoms with Gasteiger partial charge in [0.15, 0.2) is 0 Å². The Balaban J connectivity index is 2.15. The van der Waals surface area contributed by atoms with Crippen LogP contribution in [0.1, 0.15) is 33.1 Å². The van der Waals surface area contributed by atoms with E-state index >= 15 is 0 Å². The van der Waals surface area contributed by atoms with E-state index in [2.05, 4.69) is 0 Å². The summed E-state index contributed by atoms with van der Waals surface area (Å²) in [6.07, 6.45) is 2.35. The fourth-order valence-corrected chi connectivity index (χ4v) is 1.49. The first-order valence-corrected chi connectivity index (χ1v) is 4.81. The Morgan fingerprint density at radius 2 is 2.15 bits per heavy atom. The van der Waals surface area contributed by atoms with Gasteiger partial charge in [-0.15, -0.1) is 0 Å². The fraction of sp³-hybridized carbons (Fsp3) is 0.800.